The molecule has 1 aliphatic heterocycles. The van der Waals surface area contributed by atoms with Crippen LogP contribution >= 0.6 is 43.6 Å². The Morgan fingerprint density at radius 2 is 1.74 bits per heavy atom. The smallest absolute Gasteiger partial charge is 0.264 e. The van der Waals surface area contributed by atoms with Crippen molar-refractivity contribution >= 4 is 66.5 Å². The molecule has 1 amide bonds. The van der Waals surface area contributed by atoms with Crippen LogP contribution in [0.15, 0.2) is 73.4 Å². The third-order valence-corrected chi connectivity index (χ3v) is 7.91. The number of aliphatic imine (C=N–C) groups is 1. The summed E-state index contributed by atoms with van der Waals surface area (Å²) in [5.41, 5.74) is 4.87. The molecule has 3 aromatic rings. The molecule has 1 saturated heterocycles. The lowest BCUT2D eigenvalue weighted by Crippen LogP contribution is -2.19. The Morgan fingerprint density at radius 1 is 1.03 bits per heavy atom. The molecule has 0 radical (unpaired) electrons. The van der Waals surface area contributed by atoms with E-state index in [0.29, 0.717) is 34.8 Å². The first-order chi connectivity index (χ1) is 16.8. The summed E-state index contributed by atoms with van der Waals surface area (Å²) in [7, 11) is 0. The number of hydrogen-bond acceptors (Lipinski definition) is 5. The maximum atomic E-state index is 12.6. The number of rotatable bonds is 7. The number of amides is 1. The molecule has 0 aromatic heterocycles. The highest BCUT2D eigenvalue weighted by atomic mass is 79.9. The predicted octanol–water partition coefficient (Wildman–Crippen LogP) is 7.70. The molecule has 1 fully saturated rings. The molecule has 1 aliphatic rings. The number of benzene rings is 3. The second-order valence-electron chi connectivity index (χ2n) is 7.91. The highest BCUT2D eigenvalue weighted by molar-refractivity contribution is 9.10. The van der Waals surface area contributed by atoms with Crippen molar-refractivity contribution in [2.24, 2.45) is 4.99 Å². The van der Waals surface area contributed by atoms with Gasteiger partial charge in [0.15, 0.2) is 16.7 Å². The molecule has 35 heavy (non-hydrogen) atoms. The number of aryl methyl sites for hydroxylation is 2. The Hall–Kier alpha value is -2.55. The Balaban J connectivity index is 1.57. The van der Waals surface area contributed by atoms with Crippen LogP contribution in [0.3, 0.4) is 0 Å². The van der Waals surface area contributed by atoms with Crippen LogP contribution in [0.1, 0.15) is 29.2 Å². The molecular formula is C27H24Br2N2O3S. The molecule has 8 heteroatoms. The largest absolute Gasteiger partial charge is 0.490 e. The van der Waals surface area contributed by atoms with Gasteiger partial charge in [0.2, 0.25) is 0 Å². The zero-order chi connectivity index (χ0) is 24.9. The normalized spacial score (nSPS) is 15.5. The molecule has 3 aromatic carbocycles. The summed E-state index contributed by atoms with van der Waals surface area (Å²) in [6.45, 7) is 6.88. The van der Waals surface area contributed by atoms with Crippen molar-refractivity contribution in [3.63, 3.8) is 0 Å². The molecule has 0 atom stereocenters. The highest BCUT2D eigenvalue weighted by Crippen LogP contribution is 2.39. The monoisotopic (exact) mass is 614 g/mol. The van der Waals surface area contributed by atoms with Crippen molar-refractivity contribution in [2.75, 3.05) is 6.61 Å². The summed E-state index contributed by atoms with van der Waals surface area (Å²) < 4.78 is 13.7. The molecule has 0 spiro atoms. The third-order valence-electron chi connectivity index (χ3n) is 5.16. The van der Waals surface area contributed by atoms with Gasteiger partial charge >= 0.3 is 0 Å². The van der Waals surface area contributed by atoms with Crippen molar-refractivity contribution in [3.05, 3.63) is 90.7 Å². The summed E-state index contributed by atoms with van der Waals surface area (Å²) in [6.07, 6.45) is 1.83. The highest BCUT2D eigenvalue weighted by Gasteiger charge is 2.24. The van der Waals surface area contributed by atoms with E-state index in [-0.39, 0.29) is 5.91 Å². The van der Waals surface area contributed by atoms with Gasteiger partial charge < -0.3 is 14.8 Å². The molecule has 0 aliphatic carbocycles. The van der Waals surface area contributed by atoms with E-state index in [1.807, 2.05) is 81.4 Å². The first kappa shape index (κ1) is 25.5. The van der Waals surface area contributed by atoms with Crippen LogP contribution in [-0.4, -0.2) is 17.7 Å². The molecule has 0 saturated carbocycles. The Morgan fingerprint density at radius 3 is 2.43 bits per heavy atom. The fourth-order valence-corrected chi connectivity index (χ4v) is 5.19. The molecular weight excluding hydrogens is 592 g/mol. The van der Waals surface area contributed by atoms with Crippen LogP contribution in [-0.2, 0) is 11.4 Å². The number of carbonyl (C=O) groups excluding carboxylic acids is 1. The van der Waals surface area contributed by atoms with Crippen LogP contribution < -0.4 is 14.8 Å². The van der Waals surface area contributed by atoms with Crippen LogP contribution in [0, 0.1) is 13.8 Å². The Bertz CT molecular complexity index is 1300. The lowest BCUT2D eigenvalue weighted by atomic mass is 10.1. The van der Waals surface area contributed by atoms with Crippen molar-refractivity contribution < 1.29 is 14.3 Å². The van der Waals surface area contributed by atoms with E-state index in [0.717, 1.165) is 36.9 Å². The molecule has 1 N–H and O–H groups in total. The van der Waals surface area contributed by atoms with Gasteiger partial charge in [-0.1, -0.05) is 46.3 Å². The van der Waals surface area contributed by atoms with E-state index >= 15 is 0 Å². The lowest BCUT2D eigenvalue weighted by Gasteiger charge is -2.15. The minimum atomic E-state index is -0.183. The minimum Gasteiger partial charge on any atom is -0.490 e. The summed E-state index contributed by atoms with van der Waals surface area (Å²) in [6, 6.07) is 17.7. The Labute approximate surface area is 226 Å². The quantitative estimate of drug-likeness (QED) is 0.277. The van der Waals surface area contributed by atoms with Crippen LogP contribution in [0.2, 0.25) is 0 Å². The number of amidine groups is 1. The SMILES string of the molecule is CCOc1cc(/C=C2\SC(=Nc3cc(C)c(Br)c(C)c3)NC2=O)cc(Br)c1OCc1ccccc1. The summed E-state index contributed by atoms with van der Waals surface area (Å²) in [4.78, 5) is 17.8. The third kappa shape index (κ3) is 6.37. The van der Waals surface area contributed by atoms with Crippen LogP contribution in [0.5, 0.6) is 11.5 Å². The average molecular weight is 616 g/mol. The second-order valence-corrected chi connectivity index (χ2v) is 10.6. The minimum absolute atomic E-state index is 0.183. The second kappa shape index (κ2) is 11.5. The van der Waals surface area contributed by atoms with E-state index in [2.05, 4.69) is 42.2 Å². The molecule has 0 bridgehead atoms. The van der Waals surface area contributed by atoms with E-state index in [1.165, 1.54) is 11.8 Å². The number of hydrogen-bond donors (Lipinski definition) is 1. The Kier molecular flexibility index (Phi) is 8.36. The van der Waals surface area contributed by atoms with Crippen LogP contribution in [0.25, 0.3) is 6.08 Å². The predicted molar refractivity (Wildman–Crippen MR) is 151 cm³/mol. The van der Waals surface area contributed by atoms with Gasteiger partial charge in [-0.15, -0.1) is 0 Å². The fourth-order valence-electron chi connectivity index (χ4n) is 3.54. The van der Waals surface area contributed by atoms with Gasteiger partial charge in [0.05, 0.1) is 21.7 Å². The topological polar surface area (TPSA) is 59.9 Å². The van der Waals surface area contributed by atoms with E-state index in [1.54, 1.807) is 0 Å². The van der Waals surface area contributed by atoms with Crippen molar-refractivity contribution in [2.45, 2.75) is 27.4 Å². The maximum Gasteiger partial charge on any atom is 0.264 e. The average Bonchev–Trinajstić information content (AvgIpc) is 3.16. The van der Waals surface area contributed by atoms with Gasteiger partial charge in [0, 0.05) is 4.47 Å². The van der Waals surface area contributed by atoms with Gasteiger partial charge in [-0.25, -0.2) is 4.99 Å². The van der Waals surface area contributed by atoms with Gasteiger partial charge in [-0.3, -0.25) is 4.79 Å². The molecule has 5 nitrogen and oxygen atoms in total. The summed E-state index contributed by atoms with van der Waals surface area (Å²) in [5.74, 6) is 1.06. The van der Waals surface area contributed by atoms with Gasteiger partial charge in [-0.05, 0) is 101 Å². The van der Waals surface area contributed by atoms with Crippen molar-refractivity contribution in [1.29, 1.82) is 0 Å². The molecule has 0 unspecified atom stereocenters. The first-order valence-electron chi connectivity index (χ1n) is 11.0. The number of halogens is 2. The van der Waals surface area contributed by atoms with Crippen molar-refractivity contribution in [1.82, 2.24) is 5.32 Å². The van der Waals surface area contributed by atoms with Crippen LogP contribution in [0.4, 0.5) is 5.69 Å². The van der Waals surface area contributed by atoms with E-state index < -0.39 is 0 Å². The molecule has 180 valence electrons. The number of carbonyl (C=O) groups is 1. The molecule has 1 heterocycles. The standard InChI is InChI=1S/C27H24Br2N2O3S/c1-4-33-22-13-19(12-21(28)25(22)34-15-18-8-6-5-7-9-18)14-23-26(32)31-27(35-23)30-20-10-16(2)24(29)17(3)11-20/h5-14H,4,15H2,1-3H3,(H,30,31,32)/b23-14-. The zero-order valence-corrected chi connectivity index (χ0v) is 23.5. The first-order valence-corrected chi connectivity index (χ1v) is 13.4. The fraction of sp³-hybridized carbons (Fsp3) is 0.185. The van der Waals surface area contributed by atoms with Gasteiger partial charge in [-0.2, -0.15) is 0 Å². The number of ether oxygens (including phenoxy) is 2. The van der Waals surface area contributed by atoms with E-state index in [9.17, 15) is 4.79 Å². The summed E-state index contributed by atoms with van der Waals surface area (Å²) >= 11 is 8.50. The molecule has 4 rings (SSSR count). The van der Waals surface area contributed by atoms with E-state index in [4.69, 9.17) is 9.47 Å². The summed E-state index contributed by atoms with van der Waals surface area (Å²) in [5, 5.41) is 3.41. The van der Waals surface area contributed by atoms with Crippen molar-refractivity contribution in [3.8, 4) is 11.5 Å². The maximum absolute atomic E-state index is 12.6. The number of nitrogens with one attached hydrogen (secondary N) is 1. The zero-order valence-electron chi connectivity index (χ0n) is 19.5. The number of thioether (sulfide) groups is 1. The number of nitrogens with zero attached hydrogens (tertiary/aromatic N) is 1. The lowest BCUT2D eigenvalue weighted by molar-refractivity contribution is -0.115. The van der Waals surface area contributed by atoms with Gasteiger partial charge in [0.1, 0.15) is 6.61 Å². The van der Waals surface area contributed by atoms with Gasteiger partial charge in [0.25, 0.3) is 5.91 Å².